The summed E-state index contributed by atoms with van der Waals surface area (Å²) in [5.74, 6) is -30.6. The van der Waals surface area contributed by atoms with Gasteiger partial charge in [0.15, 0.2) is 0 Å². The first-order valence-electron chi connectivity index (χ1n) is 8.37. The van der Waals surface area contributed by atoms with E-state index in [9.17, 15) is 108 Å². The fourth-order valence-electron chi connectivity index (χ4n) is 2.87. The lowest BCUT2D eigenvalue weighted by Crippen LogP contribution is -2.84. The van der Waals surface area contributed by atoms with Gasteiger partial charge in [0.1, 0.15) is 0 Å². The highest BCUT2D eigenvalue weighted by Crippen LogP contribution is 2.52. The molecule has 0 radical (unpaired) electrons. The molecular formula is C6H2F24N12O. The van der Waals surface area contributed by atoms with Crippen LogP contribution in [-0.2, 0) is 4.74 Å². The van der Waals surface area contributed by atoms with Gasteiger partial charge in [-0.15, -0.1) is 17.9 Å². The minimum Gasteiger partial charge on any atom is -0.291 e. The molecule has 0 saturated carbocycles. The second-order valence-corrected chi connectivity index (χ2v) is 6.45. The van der Waals surface area contributed by atoms with Gasteiger partial charge in [0, 0.05) is 10.7 Å². The third kappa shape index (κ3) is 6.20. The van der Waals surface area contributed by atoms with Crippen LogP contribution in [0.1, 0.15) is 0 Å². The standard InChI is InChI=1S/C6H2F24N12O/c7-31(8)1(3(33(11)12,34(13)14)35(15)16)5(39(23)24,40(25)26)43-6(41(27)28,42(29)30)2(32(9)10)4(36(17)18,37(19)20)38(21)22/h1-2H. The zero-order valence-electron chi connectivity index (χ0n) is 18.0. The van der Waals surface area contributed by atoms with E-state index in [1.165, 1.54) is 0 Å². The Labute approximate surface area is 213 Å². The van der Waals surface area contributed by atoms with E-state index in [4.69, 9.17) is 0 Å². The third-order valence-electron chi connectivity index (χ3n) is 4.60. The Hall–Kier alpha value is -2.20. The van der Waals surface area contributed by atoms with E-state index >= 15 is 0 Å². The zero-order valence-corrected chi connectivity index (χ0v) is 18.0. The van der Waals surface area contributed by atoms with Crippen molar-refractivity contribution in [2.45, 2.75) is 35.4 Å². The fraction of sp³-hybridized carbons (Fsp3) is 1.00. The molecular weight excluding hydrogens is 712 g/mol. The maximum absolute atomic E-state index is 13.7. The second kappa shape index (κ2) is 14.3. The number of ether oxygens (including phenoxy) is 1. The molecule has 0 rings (SSSR count). The average Bonchev–Trinajstić information content (AvgIpc) is 2.79. The SMILES string of the molecule is FN(F)C(C(OC(C(N(F)F)C(N(F)F)(N(F)F)N(F)F)(N(F)F)N(F)F)(N(F)F)N(F)F)C(N(F)F)(N(F)F)N(F)F. The Morgan fingerprint density at radius 1 is 0.279 bits per heavy atom. The molecule has 0 bridgehead atoms. The molecule has 260 valence electrons. The van der Waals surface area contributed by atoms with E-state index in [-0.39, 0.29) is 0 Å². The summed E-state index contributed by atoms with van der Waals surface area (Å²) in [5.41, 5.74) is 0. The Bertz CT molecular complexity index is 720. The van der Waals surface area contributed by atoms with Gasteiger partial charge in [-0.3, -0.25) is 4.74 Å². The number of halogens is 24. The molecule has 0 aliphatic heterocycles. The lowest BCUT2D eigenvalue weighted by molar-refractivity contribution is -0.614. The normalized spacial score (nSPS) is 16.5. The lowest BCUT2D eigenvalue weighted by atomic mass is 10.0. The van der Waals surface area contributed by atoms with Gasteiger partial charge in [-0.2, -0.15) is 0 Å². The molecule has 37 heteroatoms. The quantitative estimate of drug-likeness (QED) is 0.106. The molecule has 0 saturated heterocycles. The largest absolute Gasteiger partial charge is 0.332 e. The molecule has 0 aliphatic carbocycles. The maximum atomic E-state index is 13.7. The van der Waals surface area contributed by atoms with Gasteiger partial charge in [0.25, 0.3) is 0 Å². The summed E-state index contributed by atoms with van der Waals surface area (Å²) < 4.78 is 323. The predicted molar refractivity (Wildman–Crippen MR) is 68.2 cm³/mol. The van der Waals surface area contributed by atoms with Crippen LogP contribution in [0.25, 0.3) is 0 Å². The topological polar surface area (TPSA) is 48.1 Å². The van der Waals surface area contributed by atoms with E-state index in [1.54, 1.807) is 0 Å². The van der Waals surface area contributed by atoms with Crippen LogP contribution >= 0.6 is 0 Å². The molecule has 0 heterocycles. The van der Waals surface area contributed by atoms with Crippen LogP contribution in [0.3, 0.4) is 0 Å². The number of nitrogens with zero attached hydrogens (tertiary/aromatic N) is 12. The summed E-state index contributed by atoms with van der Waals surface area (Å²) in [4.78, 5) is 0. The van der Waals surface area contributed by atoms with Crippen molar-refractivity contribution >= 4 is 0 Å². The molecule has 0 fully saturated rings. The predicted octanol–water partition coefficient (Wildman–Crippen LogP) is 5.21. The van der Waals surface area contributed by atoms with Crippen molar-refractivity contribution in [3.05, 3.63) is 0 Å². The highest BCUT2D eigenvalue weighted by molar-refractivity contribution is 5.01. The van der Waals surface area contributed by atoms with Gasteiger partial charge in [-0.05, 0) is 0 Å². The minimum absolute atomic E-state index is 2.13. The zero-order chi connectivity index (χ0) is 34.8. The molecule has 2 atom stereocenters. The molecule has 0 N–H and O–H groups in total. The van der Waals surface area contributed by atoms with Gasteiger partial charge in [-0.1, -0.05) is 89.6 Å². The summed E-state index contributed by atoms with van der Waals surface area (Å²) in [6, 6.07) is -13.6. The van der Waals surface area contributed by atoms with Crippen molar-refractivity contribution in [3.63, 3.8) is 0 Å². The summed E-state index contributed by atoms with van der Waals surface area (Å²) in [7, 11) is 0. The first kappa shape index (κ1) is 40.8. The highest BCUT2D eigenvalue weighted by atomic mass is 19.4. The van der Waals surface area contributed by atoms with Crippen LogP contribution in [-0.4, -0.2) is 99.5 Å². The number of hydrogen-bond donors (Lipinski definition) is 0. The Balaban J connectivity index is 8.66. The second-order valence-electron chi connectivity index (χ2n) is 6.45. The van der Waals surface area contributed by atoms with Gasteiger partial charge in [-0.25, -0.2) is 0 Å². The number of rotatable bonds is 18. The first-order valence-corrected chi connectivity index (χ1v) is 8.37. The molecule has 2 unspecified atom stereocenters. The van der Waals surface area contributed by atoms with Crippen molar-refractivity contribution in [1.82, 2.24) is 64.1 Å². The van der Waals surface area contributed by atoms with Crippen molar-refractivity contribution < 1.29 is 112 Å². The third-order valence-corrected chi connectivity index (χ3v) is 4.60. The summed E-state index contributed by atoms with van der Waals surface area (Å²) in [6.07, 6.45) is 0. The van der Waals surface area contributed by atoms with Crippen molar-refractivity contribution in [3.8, 4) is 0 Å². The molecule has 43 heavy (non-hydrogen) atoms. The van der Waals surface area contributed by atoms with Gasteiger partial charge >= 0.3 is 23.3 Å². The van der Waals surface area contributed by atoms with Crippen molar-refractivity contribution in [2.75, 3.05) is 0 Å². The molecule has 0 aromatic carbocycles. The monoisotopic (exact) mass is 714 g/mol. The van der Waals surface area contributed by atoms with Gasteiger partial charge in [0.05, 0.1) is 53.4 Å². The Morgan fingerprint density at radius 3 is 0.535 bits per heavy atom. The van der Waals surface area contributed by atoms with Gasteiger partial charge in [0.2, 0.25) is 12.1 Å². The summed E-state index contributed by atoms with van der Waals surface area (Å²) in [5, 5.41) is -51.7. The van der Waals surface area contributed by atoms with Crippen molar-refractivity contribution in [2.24, 2.45) is 0 Å². The van der Waals surface area contributed by atoms with Crippen LogP contribution in [0.2, 0.25) is 0 Å². The summed E-state index contributed by atoms with van der Waals surface area (Å²) in [6.45, 7) is 0. The van der Waals surface area contributed by atoms with Crippen LogP contribution in [0, 0.1) is 0 Å². The minimum atomic E-state index is -7.87. The molecule has 0 aromatic rings. The van der Waals surface area contributed by atoms with E-state index in [0.29, 0.717) is 0 Å². The van der Waals surface area contributed by atoms with E-state index in [1.807, 2.05) is 0 Å². The van der Waals surface area contributed by atoms with Crippen LogP contribution in [0.5, 0.6) is 0 Å². The van der Waals surface area contributed by atoms with Crippen LogP contribution in [0.15, 0.2) is 0 Å². The molecule has 0 spiro atoms. The Kier molecular flexibility index (Phi) is 13.5. The van der Waals surface area contributed by atoms with Crippen LogP contribution < -0.4 is 0 Å². The fourth-order valence-corrected chi connectivity index (χ4v) is 2.87. The van der Waals surface area contributed by atoms with Gasteiger partial charge < -0.3 is 0 Å². The van der Waals surface area contributed by atoms with Crippen molar-refractivity contribution in [1.29, 1.82) is 0 Å². The molecule has 0 aromatic heterocycles. The molecule has 0 aliphatic rings. The summed E-state index contributed by atoms with van der Waals surface area (Å²) >= 11 is 0. The van der Waals surface area contributed by atoms with E-state index in [0.717, 1.165) is 0 Å². The van der Waals surface area contributed by atoms with E-state index < -0.39 is 99.5 Å². The van der Waals surface area contributed by atoms with Crippen LogP contribution in [0.4, 0.5) is 108 Å². The maximum Gasteiger partial charge on any atom is 0.332 e. The number of hydrogen-bond acceptors (Lipinski definition) is 13. The molecule has 0 amide bonds. The lowest BCUT2D eigenvalue weighted by Gasteiger charge is -2.51. The highest BCUT2D eigenvalue weighted by Gasteiger charge is 2.84. The Morgan fingerprint density at radius 2 is 0.442 bits per heavy atom. The first-order chi connectivity index (χ1) is 19.3. The smallest absolute Gasteiger partial charge is 0.291 e. The molecule has 13 nitrogen and oxygen atoms in total. The average molecular weight is 714 g/mol. The van der Waals surface area contributed by atoms with E-state index in [2.05, 4.69) is 4.74 Å².